The standard InChI is InChI=1S/C13H25N/c1-10-5-7-12(8-6-10)11(2)13-4-3-9-14-13/h10-14H,3-9H2,1-2H3/t10?,11?,12?,13-/m1/s1. The minimum Gasteiger partial charge on any atom is -0.314 e. The second-order valence-corrected chi connectivity index (χ2v) is 5.58. The van der Waals surface area contributed by atoms with Crippen molar-refractivity contribution in [1.29, 1.82) is 0 Å². The molecular weight excluding hydrogens is 170 g/mol. The summed E-state index contributed by atoms with van der Waals surface area (Å²) in [4.78, 5) is 0. The molecule has 0 aromatic carbocycles. The first-order valence-corrected chi connectivity index (χ1v) is 6.50. The van der Waals surface area contributed by atoms with E-state index in [-0.39, 0.29) is 0 Å². The lowest BCUT2D eigenvalue weighted by atomic mass is 9.74. The van der Waals surface area contributed by atoms with Gasteiger partial charge in [0.15, 0.2) is 0 Å². The highest BCUT2D eigenvalue weighted by molar-refractivity contribution is 4.85. The highest BCUT2D eigenvalue weighted by Gasteiger charge is 2.29. The van der Waals surface area contributed by atoms with Crippen molar-refractivity contribution in [3.8, 4) is 0 Å². The predicted molar refractivity (Wildman–Crippen MR) is 61.3 cm³/mol. The first kappa shape index (κ1) is 10.5. The monoisotopic (exact) mass is 195 g/mol. The normalized spacial score (nSPS) is 41.1. The van der Waals surface area contributed by atoms with Gasteiger partial charge in [-0.1, -0.05) is 26.7 Å². The van der Waals surface area contributed by atoms with Crippen molar-refractivity contribution in [1.82, 2.24) is 5.32 Å². The van der Waals surface area contributed by atoms with Gasteiger partial charge in [-0.05, 0) is 50.0 Å². The van der Waals surface area contributed by atoms with Gasteiger partial charge in [0.25, 0.3) is 0 Å². The third kappa shape index (κ3) is 2.31. The highest BCUT2D eigenvalue weighted by atomic mass is 14.9. The molecule has 2 fully saturated rings. The number of rotatable bonds is 2. The molecule has 0 aromatic rings. The fourth-order valence-corrected chi connectivity index (χ4v) is 3.30. The van der Waals surface area contributed by atoms with Gasteiger partial charge in [-0.2, -0.15) is 0 Å². The summed E-state index contributed by atoms with van der Waals surface area (Å²) >= 11 is 0. The van der Waals surface area contributed by atoms with Crippen molar-refractivity contribution in [3.05, 3.63) is 0 Å². The van der Waals surface area contributed by atoms with E-state index in [0.29, 0.717) is 0 Å². The van der Waals surface area contributed by atoms with E-state index in [9.17, 15) is 0 Å². The predicted octanol–water partition coefficient (Wildman–Crippen LogP) is 3.20. The van der Waals surface area contributed by atoms with Crippen molar-refractivity contribution in [3.63, 3.8) is 0 Å². The van der Waals surface area contributed by atoms with Gasteiger partial charge in [0.2, 0.25) is 0 Å². The highest BCUT2D eigenvalue weighted by Crippen LogP contribution is 2.35. The molecule has 1 N–H and O–H groups in total. The first-order valence-electron chi connectivity index (χ1n) is 6.50. The number of hydrogen-bond acceptors (Lipinski definition) is 1. The molecule has 2 aliphatic rings. The largest absolute Gasteiger partial charge is 0.314 e. The molecular formula is C13H25N. The van der Waals surface area contributed by atoms with Crippen LogP contribution in [0.2, 0.25) is 0 Å². The molecule has 0 radical (unpaired) electrons. The fourth-order valence-electron chi connectivity index (χ4n) is 3.30. The maximum atomic E-state index is 3.66. The lowest BCUT2D eigenvalue weighted by molar-refractivity contribution is 0.193. The molecule has 0 spiro atoms. The molecule has 1 heterocycles. The van der Waals surface area contributed by atoms with Crippen LogP contribution in [0.15, 0.2) is 0 Å². The van der Waals surface area contributed by atoms with Crippen molar-refractivity contribution < 1.29 is 0 Å². The summed E-state index contributed by atoms with van der Waals surface area (Å²) in [6, 6.07) is 0.841. The summed E-state index contributed by atoms with van der Waals surface area (Å²) < 4.78 is 0. The molecule has 1 nitrogen and oxygen atoms in total. The maximum Gasteiger partial charge on any atom is 0.00958 e. The Morgan fingerprint density at radius 1 is 1.07 bits per heavy atom. The van der Waals surface area contributed by atoms with E-state index >= 15 is 0 Å². The minimum atomic E-state index is 0.841. The third-order valence-corrected chi connectivity index (χ3v) is 4.54. The Balaban J connectivity index is 1.82. The molecule has 0 bridgehead atoms. The van der Waals surface area contributed by atoms with Gasteiger partial charge in [-0.25, -0.2) is 0 Å². The Kier molecular flexibility index (Phi) is 3.48. The van der Waals surface area contributed by atoms with Gasteiger partial charge in [-0.3, -0.25) is 0 Å². The van der Waals surface area contributed by atoms with Crippen LogP contribution in [0.3, 0.4) is 0 Å². The number of nitrogens with one attached hydrogen (secondary N) is 1. The van der Waals surface area contributed by atoms with E-state index in [1.807, 2.05) is 0 Å². The van der Waals surface area contributed by atoms with E-state index in [2.05, 4.69) is 19.2 Å². The molecule has 1 aliphatic carbocycles. The topological polar surface area (TPSA) is 12.0 Å². The van der Waals surface area contributed by atoms with E-state index in [0.717, 1.165) is 23.8 Å². The van der Waals surface area contributed by atoms with Crippen LogP contribution in [0.25, 0.3) is 0 Å². The summed E-state index contributed by atoms with van der Waals surface area (Å²) in [5.74, 6) is 2.93. The van der Waals surface area contributed by atoms with E-state index < -0.39 is 0 Å². The molecule has 1 saturated heterocycles. The Bertz CT molecular complexity index is 164. The summed E-state index contributed by atoms with van der Waals surface area (Å²) in [5.41, 5.74) is 0. The van der Waals surface area contributed by atoms with Crippen LogP contribution in [0.1, 0.15) is 52.4 Å². The van der Waals surface area contributed by atoms with Crippen molar-refractivity contribution in [2.45, 2.75) is 58.4 Å². The molecule has 2 atom stereocenters. The van der Waals surface area contributed by atoms with Gasteiger partial charge in [0.05, 0.1) is 0 Å². The van der Waals surface area contributed by atoms with Gasteiger partial charge < -0.3 is 5.32 Å². The summed E-state index contributed by atoms with van der Waals surface area (Å²) in [7, 11) is 0. The zero-order chi connectivity index (χ0) is 9.97. The molecule has 0 aromatic heterocycles. The second-order valence-electron chi connectivity index (χ2n) is 5.58. The van der Waals surface area contributed by atoms with Gasteiger partial charge >= 0.3 is 0 Å². The van der Waals surface area contributed by atoms with E-state index in [1.54, 1.807) is 0 Å². The van der Waals surface area contributed by atoms with Gasteiger partial charge in [-0.15, -0.1) is 0 Å². The van der Waals surface area contributed by atoms with Crippen LogP contribution in [-0.2, 0) is 0 Å². The maximum absolute atomic E-state index is 3.66. The van der Waals surface area contributed by atoms with Crippen molar-refractivity contribution >= 4 is 0 Å². The Morgan fingerprint density at radius 3 is 2.36 bits per heavy atom. The fraction of sp³-hybridized carbons (Fsp3) is 1.00. The second kappa shape index (κ2) is 4.65. The Hall–Kier alpha value is -0.0400. The molecule has 82 valence electrons. The van der Waals surface area contributed by atoms with Crippen LogP contribution in [0.5, 0.6) is 0 Å². The lowest BCUT2D eigenvalue weighted by Crippen LogP contribution is -2.34. The van der Waals surface area contributed by atoms with Crippen LogP contribution < -0.4 is 5.32 Å². The molecule has 1 saturated carbocycles. The lowest BCUT2D eigenvalue weighted by Gasteiger charge is -2.34. The van der Waals surface area contributed by atoms with Crippen LogP contribution in [-0.4, -0.2) is 12.6 Å². The molecule has 1 heteroatoms. The Morgan fingerprint density at radius 2 is 1.79 bits per heavy atom. The van der Waals surface area contributed by atoms with E-state index in [1.165, 1.54) is 45.1 Å². The average Bonchev–Trinajstić information content (AvgIpc) is 2.71. The molecule has 1 aliphatic heterocycles. The van der Waals surface area contributed by atoms with Crippen molar-refractivity contribution in [2.24, 2.45) is 17.8 Å². The first-order chi connectivity index (χ1) is 6.77. The molecule has 14 heavy (non-hydrogen) atoms. The third-order valence-electron chi connectivity index (χ3n) is 4.54. The van der Waals surface area contributed by atoms with E-state index in [4.69, 9.17) is 0 Å². The quantitative estimate of drug-likeness (QED) is 0.713. The molecule has 0 amide bonds. The molecule has 1 unspecified atom stereocenters. The van der Waals surface area contributed by atoms with Gasteiger partial charge in [0, 0.05) is 6.04 Å². The van der Waals surface area contributed by atoms with Crippen LogP contribution in [0, 0.1) is 17.8 Å². The minimum absolute atomic E-state index is 0.841. The summed E-state index contributed by atoms with van der Waals surface area (Å²) in [6.45, 7) is 6.15. The number of hydrogen-bond donors (Lipinski definition) is 1. The SMILES string of the molecule is CC1CCC(C(C)[C@H]2CCCN2)CC1. The zero-order valence-corrected chi connectivity index (χ0v) is 9.76. The summed E-state index contributed by atoms with van der Waals surface area (Å²) in [5, 5.41) is 3.66. The van der Waals surface area contributed by atoms with Crippen molar-refractivity contribution in [2.75, 3.05) is 6.54 Å². The van der Waals surface area contributed by atoms with Crippen LogP contribution in [0.4, 0.5) is 0 Å². The Labute approximate surface area is 88.7 Å². The summed E-state index contributed by atoms with van der Waals surface area (Å²) in [6.07, 6.45) is 8.75. The average molecular weight is 195 g/mol. The molecule has 2 rings (SSSR count). The van der Waals surface area contributed by atoms with Gasteiger partial charge in [0.1, 0.15) is 0 Å². The zero-order valence-electron chi connectivity index (χ0n) is 9.76. The smallest absolute Gasteiger partial charge is 0.00958 e. The van der Waals surface area contributed by atoms with Crippen LogP contribution >= 0.6 is 0 Å².